The summed E-state index contributed by atoms with van der Waals surface area (Å²) in [6.07, 6.45) is 1.08. The highest BCUT2D eigenvalue weighted by Gasteiger charge is 2.21. The van der Waals surface area contributed by atoms with E-state index in [4.69, 9.17) is 5.73 Å². The number of halogens is 1. The van der Waals surface area contributed by atoms with Gasteiger partial charge in [0.25, 0.3) is 0 Å². The number of rotatable bonds is 6. The molecule has 0 aliphatic carbocycles. The van der Waals surface area contributed by atoms with E-state index >= 15 is 0 Å². The SMILES string of the molecule is Nc1cccc(-c2ccc(CCN3CCN(C(=O)Cc4ccccc4)CC3)c(F)c2)n1. The predicted octanol–water partition coefficient (Wildman–Crippen LogP) is 3.40. The minimum Gasteiger partial charge on any atom is -0.384 e. The highest BCUT2D eigenvalue weighted by molar-refractivity contribution is 5.78. The number of pyridine rings is 1. The van der Waals surface area contributed by atoms with Gasteiger partial charge in [0.05, 0.1) is 12.1 Å². The lowest BCUT2D eigenvalue weighted by Gasteiger charge is -2.34. The number of nitrogen functional groups attached to an aromatic ring is 1. The van der Waals surface area contributed by atoms with Gasteiger partial charge in [-0.25, -0.2) is 9.37 Å². The zero-order valence-corrected chi connectivity index (χ0v) is 17.5. The predicted molar refractivity (Wildman–Crippen MR) is 121 cm³/mol. The number of nitrogens with zero attached hydrogens (tertiary/aromatic N) is 3. The maximum absolute atomic E-state index is 14.6. The Morgan fingerprint density at radius 3 is 2.45 bits per heavy atom. The fourth-order valence-corrected chi connectivity index (χ4v) is 3.90. The lowest BCUT2D eigenvalue weighted by molar-refractivity contribution is -0.132. The Kier molecular flexibility index (Phi) is 6.57. The summed E-state index contributed by atoms with van der Waals surface area (Å²) in [5.74, 6) is 0.365. The van der Waals surface area contributed by atoms with Crippen molar-refractivity contribution in [3.63, 3.8) is 0 Å². The van der Waals surface area contributed by atoms with Gasteiger partial charge in [0, 0.05) is 38.3 Å². The highest BCUT2D eigenvalue weighted by atomic mass is 19.1. The molecule has 160 valence electrons. The molecule has 0 radical (unpaired) electrons. The van der Waals surface area contributed by atoms with Crippen LogP contribution in [0.1, 0.15) is 11.1 Å². The summed E-state index contributed by atoms with van der Waals surface area (Å²) in [7, 11) is 0. The molecular weight excluding hydrogens is 391 g/mol. The first kappa shape index (κ1) is 21.0. The fraction of sp³-hybridized carbons (Fsp3) is 0.280. The van der Waals surface area contributed by atoms with Gasteiger partial charge in [-0.1, -0.05) is 48.5 Å². The third kappa shape index (κ3) is 5.47. The summed E-state index contributed by atoms with van der Waals surface area (Å²) in [6, 6.07) is 20.4. The van der Waals surface area contributed by atoms with Crippen molar-refractivity contribution < 1.29 is 9.18 Å². The van der Waals surface area contributed by atoms with Crippen LogP contribution in [0.15, 0.2) is 66.7 Å². The number of piperazine rings is 1. The van der Waals surface area contributed by atoms with Gasteiger partial charge in [-0.05, 0) is 35.7 Å². The number of anilines is 1. The van der Waals surface area contributed by atoms with Crippen molar-refractivity contribution >= 4 is 11.7 Å². The van der Waals surface area contributed by atoms with Gasteiger partial charge in [-0.3, -0.25) is 9.69 Å². The van der Waals surface area contributed by atoms with Gasteiger partial charge in [0.2, 0.25) is 5.91 Å². The van der Waals surface area contributed by atoms with E-state index in [2.05, 4.69) is 9.88 Å². The molecular formula is C25H27FN4O. The molecule has 0 spiro atoms. The van der Waals surface area contributed by atoms with E-state index in [-0.39, 0.29) is 11.7 Å². The Morgan fingerprint density at radius 2 is 1.74 bits per heavy atom. The Bertz CT molecular complexity index is 1030. The van der Waals surface area contributed by atoms with Crippen LogP contribution in [0, 0.1) is 5.82 Å². The monoisotopic (exact) mass is 418 g/mol. The lowest BCUT2D eigenvalue weighted by atomic mass is 10.1. The molecule has 4 rings (SSSR count). The van der Waals surface area contributed by atoms with Gasteiger partial charge < -0.3 is 10.6 Å². The molecule has 0 bridgehead atoms. The number of hydrogen-bond acceptors (Lipinski definition) is 4. The average Bonchev–Trinajstić information content (AvgIpc) is 2.79. The van der Waals surface area contributed by atoms with Gasteiger partial charge in [-0.15, -0.1) is 0 Å². The summed E-state index contributed by atoms with van der Waals surface area (Å²) in [5.41, 5.74) is 8.85. The van der Waals surface area contributed by atoms with Crippen LogP contribution in [0.25, 0.3) is 11.3 Å². The Morgan fingerprint density at radius 1 is 0.968 bits per heavy atom. The molecule has 1 aromatic heterocycles. The van der Waals surface area contributed by atoms with Gasteiger partial charge in [0.15, 0.2) is 0 Å². The standard InChI is InChI=1S/C25H27FN4O/c26-22-18-21(23-7-4-8-24(27)28-23)10-9-20(22)11-12-29-13-15-30(16-14-29)25(31)17-19-5-2-1-3-6-19/h1-10,18H,11-17H2,(H2,27,28). The maximum Gasteiger partial charge on any atom is 0.227 e. The van der Waals surface area contributed by atoms with Crippen LogP contribution < -0.4 is 5.73 Å². The summed E-state index contributed by atoms with van der Waals surface area (Å²) in [6.45, 7) is 3.83. The van der Waals surface area contributed by atoms with Gasteiger partial charge >= 0.3 is 0 Å². The molecule has 1 aliphatic heterocycles. The molecule has 3 aromatic rings. The van der Waals surface area contributed by atoms with E-state index in [0.717, 1.165) is 30.8 Å². The number of amides is 1. The molecule has 0 saturated carbocycles. The second-order valence-electron chi connectivity index (χ2n) is 7.89. The molecule has 2 N–H and O–H groups in total. The maximum atomic E-state index is 14.6. The highest BCUT2D eigenvalue weighted by Crippen LogP contribution is 2.21. The molecule has 2 heterocycles. The Labute approximate surface area is 182 Å². The second kappa shape index (κ2) is 9.71. The molecule has 5 nitrogen and oxygen atoms in total. The Balaban J connectivity index is 1.27. The number of hydrogen-bond donors (Lipinski definition) is 1. The fourth-order valence-electron chi connectivity index (χ4n) is 3.90. The van der Waals surface area contributed by atoms with E-state index in [1.165, 1.54) is 6.07 Å². The molecule has 0 unspecified atom stereocenters. The zero-order valence-electron chi connectivity index (χ0n) is 17.5. The number of carbonyl (C=O) groups is 1. The second-order valence-corrected chi connectivity index (χ2v) is 7.89. The van der Waals surface area contributed by atoms with E-state index < -0.39 is 0 Å². The van der Waals surface area contributed by atoms with Crippen molar-refractivity contribution in [2.24, 2.45) is 0 Å². The first-order chi connectivity index (χ1) is 15.1. The normalized spacial score (nSPS) is 14.5. The van der Waals surface area contributed by atoms with Gasteiger partial charge in [0.1, 0.15) is 11.6 Å². The van der Waals surface area contributed by atoms with E-state index in [0.29, 0.717) is 43.0 Å². The summed E-state index contributed by atoms with van der Waals surface area (Å²) < 4.78 is 14.6. The molecule has 1 aliphatic rings. The van der Waals surface area contributed by atoms with Crippen LogP contribution in [0.2, 0.25) is 0 Å². The number of aromatic nitrogens is 1. The van der Waals surface area contributed by atoms with Crippen molar-refractivity contribution in [2.75, 3.05) is 38.5 Å². The number of nitrogens with two attached hydrogens (primary N) is 1. The van der Waals surface area contributed by atoms with Crippen LogP contribution in [0.4, 0.5) is 10.2 Å². The molecule has 31 heavy (non-hydrogen) atoms. The van der Waals surface area contributed by atoms with E-state index in [1.54, 1.807) is 6.07 Å². The smallest absolute Gasteiger partial charge is 0.227 e. The molecule has 0 atom stereocenters. The minimum atomic E-state index is -0.224. The van der Waals surface area contributed by atoms with Crippen molar-refractivity contribution in [2.45, 2.75) is 12.8 Å². The molecule has 2 aromatic carbocycles. The van der Waals surface area contributed by atoms with Crippen LogP contribution >= 0.6 is 0 Å². The third-order valence-electron chi connectivity index (χ3n) is 5.74. The first-order valence-electron chi connectivity index (χ1n) is 10.6. The minimum absolute atomic E-state index is 0.169. The van der Waals surface area contributed by atoms with E-state index in [9.17, 15) is 9.18 Å². The summed E-state index contributed by atoms with van der Waals surface area (Å²) >= 11 is 0. The summed E-state index contributed by atoms with van der Waals surface area (Å²) in [4.78, 5) is 21.0. The van der Waals surface area contributed by atoms with Crippen LogP contribution in [0.3, 0.4) is 0 Å². The molecule has 1 fully saturated rings. The van der Waals surface area contributed by atoms with Crippen molar-refractivity contribution in [3.8, 4) is 11.3 Å². The Hall–Kier alpha value is -3.25. The van der Waals surface area contributed by atoms with Crippen LogP contribution in [0.5, 0.6) is 0 Å². The summed E-state index contributed by atoms with van der Waals surface area (Å²) in [5, 5.41) is 0. The number of benzene rings is 2. The zero-order chi connectivity index (χ0) is 21.6. The first-order valence-corrected chi connectivity index (χ1v) is 10.6. The molecule has 1 saturated heterocycles. The largest absolute Gasteiger partial charge is 0.384 e. The molecule has 1 amide bonds. The van der Waals surface area contributed by atoms with Crippen LogP contribution in [-0.4, -0.2) is 53.4 Å². The third-order valence-corrected chi connectivity index (χ3v) is 5.74. The van der Waals surface area contributed by atoms with Gasteiger partial charge in [-0.2, -0.15) is 0 Å². The average molecular weight is 419 g/mol. The van der Waals surface area contributed by atoms with Crippen molar-refractivity contribution in [1.29, 1.82) is 0 Å². The quantitative estimate of drug-likeness (QED) is 0.667. The molecule has 6 heteroatoms. The topological polar surface area (TPSA) is 62.5 Å². The lowest BCUT2D eigenvalue weighted by Crippen LogP contribution is -2.49. The van der Waals surface area contributed by atoms with Crippen molar-refractivity contribution in [1.82, 2.24) is 14.8 Å². The number of carbonyl (C=O) groups excluding carboxylic acids is 1. The van der Waals surface area contributed by atoms with Crippen LogP contribution in [-0.2, 0) is 17.6 Å². The van der Waals surface area contributed by atoms with Crippen molar-refractivity contribution in [3.05, 3.63) is 83.7 Å². The van der Waals surface area contributed by atoms with E-state index in [1.807, 2.05) is 59.5 Å².